The van der Waals surface area contributed by atoms with Gasteiger partial charge in [0, 0.05) is 12.1 Å². The molecule has 0 heterocycles. The number of rotatable bonds is 5. The Morgan fingerprint density at radius 3 is 2.18 bits per heavy atom. The Labute approximate surface area is 102 Å². The average molecular weight is 243 g/mol. The summed E-state index contributed by atoms with van der Waals surface area (Å²) < 4.78 is 9.57. The van der Waals surface area contributed by atoms with E-state index < -0.39 is 12.1 Å². The van der Waals surface area contributed by atoms with Crippen LogP contribution in [0.3, 0.4) is 0 Å². The van der Waals surface area contributed by atoms with E-state index in [1.807, 2.05) is 20.8 Å². The number of esters is 1. The van der Waals surface area contributed by atoms with Crippen molar-refractivity contribution in [1.82, 2.24) is 5.32 Å². The number of nitrogens with one attached hydrogen (secondary N) is 1. The molecule has 5 nitrogen and oxygen atoms in total. The summed E-state index contributed by atoms with van der Waals surface area (Å²) in [6.07, 6.45) is -0.508. The Balaban J connectivity index is 3.59. The zero-order valence-corrected chi connectivity index (χ0v) is 11.0. The van der Waals surface area contributed by atoms with Crippen molar-refractivity contribution in [2.24, 2.45) is 5.41 Å². The van der Waals surface area contributed by atoms with Crippen LogP contribution in [-0.4, -0.2) is 31.8 Å². The van der Waals surface area contributed by atoms with Crippen molar-refractivity contribution >= 4 is 12.1 Å². The van der Waals surface area contributed by atoms with Gasteiger partial charge >= 0.3 is 12.1 Å². The lowest BCUT2D eigenvalue weighted by Gasteiger charge is -2.18. The molecule has 0 bridgehead atoms. The minimum atomic E-state index is -0.508. The maximum Gasteiger partial charge on any atom is 0.407 e. The van der Waals surface area contributed by atoms with Crippen LogP contribution in [0.1, 0.15) is 27.7 Å². The Morgan fingerprint density at radius 1 is 1.18 bits per heavy atom. The fourth-order valence-electron chi connectivity index (χ4n) is 0.780. The predicted molar refractivity (Wildman–Crippen MR) is 64.6 cm³/mol. The molecule has 0 aliphatic carbocycles. The normalized spacial score (nSPS) is 10.6. The Kier molecular flexibility index (Phi) is 6.31. The number of ether oxygens (including phenoxy) is 2. The van der Waals surface area contributed by atoms with Crippen molar-refractivity contribution in [2.45, 2.75) is 27.7 Å². The molecule has 0 saturated carbocycles. The van der Waals surface area contributed by atoms with Gasteiger partial charge in [0.15, 0.2) is 0 Å². The van der Waals surface area contributed by atoms with E-state index in [9.17, 15) is 9.59 Å². The van der Waals surface area contributed by atoms with E-state index in [-0.39, 0.29) is 18.6 Å². The van der Waals surface area contributed by atoms with Gasteiger partial charge in [-0.3, -0.25) is 0 Å². The zero-order chi connectivity index (χ0) is 13.5. The third-order valence-electron chi connectivity index (χ3n) is 1.66. The second-order valence-corrected chi connectivity index (χ2v) is 4.97. The quantitative estimate of drug-likeness (QED) is 0.455. The SMILES string of the molecule is C=C(C)C(=O)OCCOC(=O)NCC(C)(C)C. The van der Waals surface area contributed by atoms with Crippen molar-refractivity contribution in [2.75, 3.05) is 19.8 Å². The monoisotopic (exact) mass is 243 g/mol. The third-order valence-corrected chi connectivity index (χ3v) is 1.66. The molecule has 1 amide bonds. The highest BCUT2D eigenvalue weighted by molar-refractivity contribution is 5.86. The number of amides is 1. The van der Waals surface area contributed by atoms with Crippen molar-refractivity contribution in [3.63, 3.8) is 0 Å². The molecule has 0 aromatic heterocycles. The van der Waals surface area contributed by atoms with Crippen LogP contribution in [0.2, 0.25) is 0 Å². The molecule has 0 aliphatic heterocycles. The van der Waals surface area contributed by atoms with Crippen LogP contribution >= 0.6 is 0 Å². The molecule has 0 rings (SSSR count). The molecule has 0 spiro atoms. The fraction of sp³-hybridized carbons (Fsp3) is 0.667. The maximum absolute atomic E-state index is 11.2. The number of hydrogen-bond acceptors (Lipinski definition) is 4. The molecular formula is C12H21NO4. The Bertz CT molecular complexity index is 291. The smallest absolute Gasteiger partial charge is 0.407 e. The second-order valence-electron chi connectivity index (χ2n) is 4.97. The molecule has 5 heteroatoms. The number of carbonyl (C=O) groups excluding carboxylic acids is 2. The molecule has 17 heavy (non-hydrogen) atoms. The van der Waals surface area contributed by atoms with Crippen LogP contribution in [0.15, 0.2) is 12.2 Å². The highest BCUT2D eigenvalue weighted by Gasteiger charge is 2.12. The van der Waals surface area contributed by atoms with Crippen LogP contribution in [0.4, 0.5) is 4.79 Å². The Hall–Kier alpha value is -1.52. The summed E-state index contributed by atoms with van der Waals surface area (Å²) >= 11 is 0. The van der Waals surface area contributed by atoms with Gasteiger partial charge in [-0.05, 0) is 12.3 Å². The molecule has 0 aliphatic rings. The highest BCUT2D eigenvalue weighted by Crippen LogP contribution is 2.10. The van der Waals surface area contributed by atoms with Gasteiger partial charge in [-0.2, -0.15) is 0 Å². The summed E-state index contributed by atoms with van der Waals surface area (Å²) in [4.78, 5) is 22.1. The summed E-state index contributed by atoms with van der Waals surface area (Å²) in [5.74, 6) is -0.483. The third kappa shape index (κ3) is 9.41. The first kappa shape index (κ1) is 15.5. The van der Waals surface area contributed by atoms with E-state index in [1.54, 1.807) is 6.92 Å². The van der Waals surface area contributed by atoms with Crippen LogP contribution < -0.4 is 5.32 Å². The first-order valence-corrected chi connectivity index (χ1v) is 5.45. The van der Waals surface area contributed by atoms with Crippen LogP contribution in [0.25, 0.3) is 0 Å². The average Bonchev–Trinajstić information content (AvgIpc) is 2.20. The van der Waals surface area contributed by atoms with Gasteiger partial charge in [0.25, 0.3) is 0 Å². The molecule has 0 saturated heterocycles. The number of carbonyl (C=O) groups is 2. The van der Waals surface area contributed by atoms with Gasteiger partial charge < -0.3 is 14.8 Å². The lowest BCUT2D eigenvalue weighted by molar-refractivity contribution is -0.139. The second kappa shape index (κ2) is 6.93. The lowest BCUT2D eigenvalue weighted by atomic mass is 9.97. The van der Waals surface area contributed by atoms with E-state index in [4.69, 9.17) is 9.47 Å². The van der Waals surface area contributed by atoms with Crippen molar-refractivity contribution in [1.29, 1.82) is 0 Å². The van der Waals surface area contributed by atoms with Crippen molar-refractivity contribution in [3.05, 3.63) is 12.2 Å². The molecule has 0 fully saturated rings. The van der Waals surface area contributed by atoms with Crippen LogP contribution in [-0.2, 0) is 14.3 Å². The standard InChI is InChI=1S/C12H21NO4/c1-9(2)10(14)16-6-7-17-11(15)13-8-12(3,4)5/h1,6-8H2,2-5H3,(H,13,15). The molecular weight excluding hydrogens is 222 g/mol. The van der Waals surface area contributed by atoms with E-state index in [1.165, 1.54) is 0 Å². The molecule has 0 radical (unpaired) electrons. The van der Waals surface area contributed by atoms with Gasteiger partial charge in [0.2, 0.25) is 0 Å². The van der Waals surface area contributed by atoms with Gasteiger partial charge in [-0.25, -0.2) is 9.59 Å². The predicted octanol–water partition coefficient (Wildman–Crippen LogP) is 1.88. The maximum atomic E-state index is 11.2. The summed E-state index contributed by atoms with van der Waals surface area (Å²) in [6.45, 7) is 11.6. The summed E-state index contributed by atoms with van der Waals surface area (Å²) in [5.41, 5.74) is 0.327. The topological polar surface area (TPSA) is 64.6 Å². The van der Waals surface area contributed by atoms with Crippen molar-refractivity contribution < 1.29 is 19.1 Å². The first-order chi connectivity index (χ1) is 7.72. The van der Waals surface area contributed by atoms with Gasteiger partial charge in [-0.15, -0.1) is 0 Å². The minimum Gasteiger partial charge on any atom is -0.459 e. The van der Waals surface area contributed by atoms with Crippen LogP contribution in [0.5, 0.6) is 0 Å². The zero-order valence-electron chi connectivity index (χ0n) is 11.0. The number of alkyl carbamates (subject to hydrolysis) is 1. The highest BCUT2D eigenvalue weighted by atomic mass is 16.6. The van der Waals surface area contributed by atoms with Crippen LogP contribution in [0, 0.1) is 5.41 Å². The van der Waals surface area contributed by atoms with E-state index >= 15 is 0 Å². The van der Waals surface area contributed by atoms with Gasteiger partial charge in [0.05, 0.1) is 0 Å². The molecule has 0 atom stereocenters. The Morgan fingerprint density at radius 2 is 1.71 bits per heavy atom. The van der Waals surface area contributed by atoms with Crippen molar-refractivity contribution in [3.8, 4) is 0 Å². The minimum absolute atomic E-state index is 0.00539. The van der Waals surface area contributed by atoms with Gasteiger partial charge in [0.1, 0.15) is 13.2 Å². The first-order valence-electron chi connectivity index (χ1n) is 5.45. The molecule has 0 aromatic rings. The number of hydrogen-bond donors (Lipinski definition) is 1. The van der Waals surface area contributed by atoms with E-state index in [0.29, 0.717) is 12.1 Å². The van der Waals surface area contributed by atoms with E-state index in [2.05, 4.69) is 11.9 Å². The molecule has 98 valence electrons. The molecule has 0 unspecified atom stereocenters. The van der Waals surface area contributed by atoms with Gasteiger partial charge in [-0.1, -0.05) is 27.4 Å². The van der Waals surface area contributed by atoms with E-state index in [0.717, 1.165) is 0 Å². The summed E-state index contributed by atoms with van der Waals surface area (Å²) in [7, 11) is 0. The molecule has 1 N–H and O–H groups in total. The lowest BCUT2D eigenvalue weighted by Crippen LogP contribution is -2.33. The fourth-order valence-corrected chi connectivity index (χ4v) is 0.780. The molecule has 0 aromatic carbocycles. The summed E-state index contributed by atoms with van der Waals surface area (Å²) in [5, 5.41) is 2.61. The summed E-state index contributed by atoms with van der Waals surface area (Å²) in [6, 6.07) is 0. The largest absolute Gasteiger partial charge is 0.459 e.